The highest BCUT2D eigenvalue weighted by atomic mass is 14.9. The molecule has 0 amide bonds. The molecule has 0 fully saturated rings. The van der Waals surface area contributed by atoms with E-state index in [1.165, 1.54) is 11.1 Å². The number of aryl methyl sites for hydroxylation is 1. The minimum Gasteiger partial charge on any atom is -0.309 e. The van der Waals surface area contributed by atoms with Gasteiger partial charge in [-0.1, -0.05) is 6.92 Å². The number of hydrogen-bond donors (Lipinski definition) is 1. The first-order valence-electron chi connectivity index (χ1n) is 6.34. The molecule has 2 aromatic heterocycles. The molecular formula is C15H19N3. The highest BCUT2D eigenvalue weighted by molar-refractivity contribution is 5.20. The van der Waals surface area contributed by atoms with E-state index in [1.807, 2.05) is 24.7 Å². The molecule has 18 heavy (non-hydrogen) atoms. The lowest BCUT2D eigenvalue weighted by molar-refractivity contribution is 0.536. The second kappa shape index (κ2) is 6.26. The van der Waals surface area contributed by atoms with Crippen LogP contribution in [0.25, 0.3) is 0 Å². The van der Waals surface area contributed by atoms with E-state index < -0.39 is 0 Å². The largest absolute Gasteiger partial charge is 0.309 e. The predicted molar refractivity (Wildman–Crippen MR) is 73.3 cm³/mol. The summed E-state index contributed by atoms with van der Waals surface area (Å²) in [7, 11) is 0. The van der Waals surface area contributed by atoms with Crippen LogP contribution in [-0.4, -0.2) is 16.5 Å². The second-order valence-corrected chi connectivity index (χ2v) is 4.43. The quantitative estimate of drug-likeness (QED) is 0.874. The molecule has 0 aliphatic heterocycles. The van der Waals surface area contributed by atoms with Gasteiger partial charge >= 0.3 is 0 Å². The van der Waals surface area contributed by atoms with E-state index in [1.54, 1.807) is 0 Å². The van der Waals surface area contributed by atoms with Gasteiger partial charge in [0.15, 0.2) is 0 Å². The summed E-state index contributed by atoms with van der Waals surface area (Å²) in [5.74, 6) is 0. The maximum atomic E-state index is 4.48. The van der Waals surface area contributed by atoms with Gasteiger partial charge in [-0.25, -0.2) is 0 Å². The maximum absolute atomic E-state index is 4.48. The molecule has 3 nitrogen and oxygen atoms in total. The molecule has 0 saturated carbocycles. The lowest BCUT2D eigenvalue weighted by Crippen LogP contribution is -2.24. The van der Waals surface area contributed by atoms with Crippen LogP contribution in [0.15, 0.2) is 42.9 Å². The van der Waals surface area contributed by atoms with E-state index in [0.29, 0.717) is 0 Å². The summed E-state index contributed by atoms with van der Waals surface area (Å²) in [4.78, 5) is 8.53. The zero-order valence-electron chi connectivity index (χ0n) is 10.9. The summed E-state index contributed by atoms with van der Waals surface area (Å²) in [6.45, 7) is 5.15. The van der Waals surface area contributed by atoms with Gasteiger partial charge in [0.1, 0.15) is 0 Å². The Morgan fingerprint density at radius 1 is 1.17 bits per heavy atom. The van der Waals surface area contributed by atoms with Crippen LogP contribution in [0.5, 0.6) is 0 Å². The number of nitrogens with zero attached hydrogens (tertiary/aromatic N) is 2. The molecule has 1 atom stereocenters. The molecule has 2 aromatic rings. The van der Waals surface area contributed by atoms with Crippen molar-refractivity contribution < 1.29 is 0 Å². The maximum Gasteiger partial charge on any atom is 0.0579 e. The van der Waals surface area contributed by atoms with Gasteiger partial charge in [0.2, 0.25) is 0 Å². The van der Waals surface area contributed by atoms with Gasteiger partial charge < -0.3 is 5.32 Å². The Morgan fingerprint density at radius 3 is 2.61 bits per heavy atom. The molecule has 0 aromatic carbocycles. The number of hydrogen-bond acceptors (Lipinski definition) is 3. The Morgan fingerprint density at radius 2 is 1.94 bits per heavy atom. The fraction of sp³-hybridized carbons (Fsp3) is 0.333. The zero-order chi connectivity index (χ0) is 12.8. The van der Waals surface area contributed by atoms with Crippen LogP contribution < -0.4 is 5.32 Å². The Labute approximate surface area is 108 Å². The van der Waals surface area contributed by atoms with E-state index in [-0.39, 0.29) is 6.04 Å². The third-order valence-electron chi connectivity index (χ3n) is 2.93. The number of nitrogens with one attached hydrogen (secondary N) is 1. The molecule has 0 saturated heterocycles. The summed E-state index contributed by atoms with van der Waals surface area (Å²) in [5.41, 5.74) is 3.63. The van der Waals surface area contributed by atoms with E-state index in [0.717, 1.165) is 18.7 Å². The van der Waals surface area contributed by atoms with Crippen molar-refractivity contribution in [3.05, 3.63) is 59.7 Å². The molecule has 0 bridgehead atoms. The van der Waals surface area contributed by atoms with E-state index >= 15 is 0 Å². The van der Waals surface area contributed by atoms with Crippen LogP contribution >= 0.6 is 0 Å². The molecular weight excluding hydrogens is 222 g/mol. The average molecular weight is 241 g/mol. The number of pyridine rings is 2. The van der Waals surface area contributed by atoms with Crippen LogP contribution in [-0.2, 0) is 6.42 Å². The van der Waals surface area contributed by atoms with Crippen LogP contribution in [0.3, 0.4) is 0 Å². The van der Waals surface area contributed by atoms with Crippen molar-refractivity contribution in [2.24, 2.45) is 0 Å². The normalized spacial score (nSPS) is 12.3. The molecule has 0 spiro atoms. The van der Waals surface area contributed by atoms with Crippen molar-refractivity contribution in [2.75, 3.05) is 6.54 Å². The van der Waals surface area contributed by atoms with Gasteiger partial charge in [-0.15, -0.1) is 0 Å². The van der Waals surface area contributed by atoms with Crippen LogP contribution in [0.4, 0.5) is 0 Å². The van der Waals surface area contributed by atoms with Crippen LogP contribution in [0.1, 0.15) is 29.8 Å². The van der Waals surface area contributed by atoms with E-state index in [2.05, 4.69) is 47.3 Å². The third kappa shape index (κ3) is 3.37. The van der Waals surface area contributed by atoms with Crippen molar-refractivity contribution in [3.8, 4) is 0 Å². The van der Waals surface area contributed by atoms with Crippen molar-refractivity contribution >= 4 is 0 Å². The monoisotopic (exact) mass is 241 g/mol. The van der Waals surface area contributed by atoms with Gasteiger partial charge in [-0.05, 0) is 55.3 Å². The van der Waals surface area contributed by atoms with Crippen molar-refractivity contribution in [2.45, 2.75) is 26.3 Å². The predicted octanol–water partition coefficient (Wildman–Crippen LogP) is 2.68. The van der Waals surface area contributed by atoms with Gasteiger partial charge in [0, 0.05) is 18.6 Å². The summed E-state index contributed by atoms with van der Waals surface area (Å²) in [5, 5.41) is 3.49. The highest BCUT2D eigenvalue weighted by Gasteiger charge is 2.12. The standard InChI is InChI=1S/C15H19N3/c1-3-17-15(11-13-5-7-16-8-6-13)14-10-12(2)4-9-18-14/h4-10,15,17H,3,11H2,1-2H3. The number of likely N-dealkylation sites (N-methyl/N-ethyl adjacent to an activating group) is 1. The van der Waals surface area contributed by atoms with Gasteiger partial charge in [-0.2, -0.15) is 0 Å². The highest BCUT2D eigenvalue weighted by Crippen LogP contribution is 2.16. The molecule has 1 unspecified atom stereocenters. The third-order valence-corrected chi connectivity index (χ3v) is 2.93. The Hall–Kier alpha value is -1.74. The SMILES string of the molecule is CCNC(Cc1ccncc1)c1cc(C)ccn1. The fourth-order valence-corrected chi connectivity index (χ4v) is 2.03. The summed E-state index contributed by atoms with van der Waals surface area (Å²) in [6.07, 6.45) is 6.48. The molecule has 2 rings (SSSR count). The Kier molecular flexibility index (Phi) is 4.42. The molecule has 0 radical (unpaired) electrons. The topological polar surface area (TPSA) is 37.8 Å². The van der Waals surface area contributed by atoms with Crippen molar-refractivity contribution in [1.29, 1.82) is 0 Å². The fourth-order valence-electron chi connectivity index (χ4n) is 2.03. The summed E-state index contributed by atoms with van der Waals surface area (Å²) < 4.78 is 0. The molecule has 0 aliphatic carbocycles. The van der Waals surface area contributed by atoms with Crippen LogP contribution in [0, 0.1) is 6.92 Å². The zero-order valence-corrected chi connectivity index (χ0v) is 10.9. The smallest absolute Gasteiger partial charge is 0.0579 e. The van der Waals surface area contributed by atoms with E-state index in [4.69, 9.17) is 0 Å². The lowest BCUT2D eigenvalue weighted by atomic mass is 10.0. The molecule has 0 aliphatic rings. The van der Waals surface area contributed by atoms with Gasteiger partial charge in [0.05, 0.1) is 11.7 Å². The molecule has 2 heterocycles. The van der Waals surface area contributed by atoms with Crippen LogP contribution in [0.2, 0.25) is 0 Å². The lowest BCUT2D eigenvalue weighted by Gasteiger charge is -2.17. The average Bonchev–Trinajstić information content (AvgIpc) is 2.39. The Balaban J connectivity index is 2.18. The van der Waals surface area contributed by atoms with Crippen molar-refractivity contribution in [1.82, 2.24) is 15.3 Å². The minimum absolute atomic E-state index is 0.261. The first-order valence-corrected chi connectivity index (χ1v) is 6.34. The molecule has 1 N–H and O–H groups in total. The van der Waals surface area contributed by atoms with Gasteiger partial charge in [-0.3, -0.25) is 9.97 Å². The molecule has 3 heteroatoms. The second-order valence-electron chi connectivity index (χ2n) is 4.43. The van der Waals surface area contributed by atoms with Crippen molar-refractivity contribution in [3.63, 3.8) is 0 Å². The first kappa shape index (κ1) is 12.7. The Bertz CT molecular complexity index is 482. The first-order chi connectivity index (χ1) is 8.79. The van der Waals surface area contributed by atoms with E-state index in [9.17, 15) is 0 Å². The summed E-state index contributed by atoms with van der Waals surface area (Å²) >= 11 is 0. The minimum atomic E-state index is 0.261. The number of aromatic nitrogens is 2. The number of rotatable bonds is 5. The summed E-state index contributed by atoms with van der Waals surface area (Å²) in [6, 6.07) is 8.55. The molecule has 94 valence electrons. The van der Waals surface area contributed by atoms with Gasteiger partial charge in [0.25, 0.3) is 0 Å².